The van der Waals surface area contributed by atoms with Crippen LogP contribution in [0.4, 0.5) is 0 Å². The number of amides is 1. The summed E-state index contributed by atoms with van der Waals surface area (Å²) in [5.41, 5.74) is 0.652. The number of rotatable bonds is 6. The molecule has 1 aliphatic carbocycles. The molecule has 1 aromatic carbocycles. The topological polar surface area (TPSA) is 110 Å². The molecule has 7 nitrogen and oxygen atoms in total. The minimum atomic E-state index is -4.14. The zero-order valence-corrected chi connectivity index (χ0v) is 21.4. The lowest BCUT2D eigenvalue weighted by atomic mass is 9.86. The SMILES string of the molecule is O=C(NC1CCC(C(=O)OCCS(=O)(=O)O)CC1)c1cc(I)cc(I)c1I. The molecule has 0 atom stereocenters. The number of benzene rings is 1. The Bertz CT molecular complexity index is 822. The maximum absolute atomic E-state index is 12.6. The highest BCUT2D eigenvalue weighted by Gasteiger charge is 2.29. The van der Waals surface area contributed by atoms with Crippen LogP contribution in [0.2, 0.25) is 0 Å². The smallest absolute Gasteiger partial charge is 0.308 e. The number of nitrogens with one attached hydrogen (secondary N) is 1. The molecular formula is C16H18I3NO6S. The Balaban J connectivity index is 1.84. The lowest BCUT2D eigenvalue weighted by Gasteiger charge is -2.28. The summed E-state index contributed by atoms with van der Waals surface area (Å²) in [7, 11) is -4.14. The van der Waals surface area contributed by atoms with Crippen molar-refractivity contribution in [3.63, 3.8) is 0 Å². The van der Waals surface area contributed by atoms with Gasteiger partial charge in [-0.05, 0) is 106 Å². The summed E-state index contributed by atoms with van der Waals surface area (Å²) in [4.78, 5) is 24.6. The van der Waals surface area contributed by atoms with E-state index in [2.05, 4.69) is 73.1 Å². The quantitative estimate of drug-likeness (QED) is 0.201. The molecule has 0 unspecified atom stereocenters. The minimum Gasteiger partial charge on any atom is -0.464 e. The number of hydrogen-bond acceptors (Lipinski definition) is 5. The number of carbonyl (C=O) groups is 2. The summed E-state index contributed by atoms with van der Waals surface area (Å²) in [5.74, 6) is -1.48. The van der Waals surface area contributed by atoms with E-state index in [1.165, 1.54) is 0 Å². The number of hydrogen-bond donors (Lipinski definition) is 2. The molecule has 27 heavy (non-hydrogen) atoms. The van der Waals surface area contributed by atoms with Gasteiger partial charge in [-0.25, -0.2) is 0 Å². The molecule has 1 aliphatic rings. The zero-order valence-electron chi connectivity index (χ0n) is 14.1. The fourth-order valence-corrected chi connectivity index (χ4v) is 5.52. The van der Waals surface area contributed by atoms with Gasteiger partial charge in [0.05, 0.1) is 11.5 Å². The summed E-state index contributed by atoms with van der Waals surface area (Å²) in [5, 5.41) is 3.04. The van der Waals surface area contributed by atoms with Gasteiger partial charge in [-0.3, -0.25) is 14.1 Å². The number of carbonyl (C=O) groups excluding carboxylic acids is 2. The molecule has 0 aliphatic heterocycles. The normalized spacial score (nSPS) is 20.1. The van der Waals surface area contributed by atoms with Gasteiger partial charge in [0.2, 0.25) is 0 Å². The van der Waals surface area contributed by atoms with E-state index < -0.39 is 21.8 Å². The van der Waals surface area contributed by atoms with Gasteiger partial charge in [0, 0.05) is 16.8 Å². The van der Waals surface area contributed by atoms with Gasteiger partial charge >= 0.3 is 5.97 Å². The van der Waals surface area contributed by atoms with Crippen LogP contribution in [0.15, 0.2) is 12.1 Å². The van der Waals surface area contributed by atoms with Gasteiger partial charge in [0.15, 0.2) is 0 Å². The van der Waals surface area contributed by atoms with Gasteiger partial charge in [0.1, 0.15) is 12.4 Å². The van der Waals surface area contributed by atoms with Gasteiger partial charge < -0.3 is 10.1 Å². The van der Waals surface area contributed by atoms with Crippen molar-refractivity contribution in [3.05, 3.63) is 28.4 Å². The van der Waals surface area contributed by atoms with E-state index in [4.69, 9.17) is 9.29 Å². The molecule has 1 amide bonds. The fraction of sp³-hybridized carbons (Fsp3) is 0.500. The number of esters is 1. The van der Waals surface area contributed by atoms with Crippen molar-refractivity contribution in [2.75, 3.05) is 12.4 Å². The Morgan fingerprint density at radius 1 is 1.15 bits per heavy atom. The molecule has 2 rings (SSSR count). The van der Waals surface area contributed by atoms with Gasteiger partial charge in [-0.2, -0.15) is 8.42 Å². The molecule has 0 radical (unpaired) electrons. The van der Waals surface area contributed by atoms with Crippen LogP contribution in [0.3, 0.4) is 0 Å². The second kappa shape index (κ2) is 10.3. The van der Waals surface area contributed by atoms with Crippen LogP contribution in [0.1, 0.15) is 36.0 Å². The molecule has 2 N–H and O–H groups in total. The lowest BCUT2D eigenvalue weighted by Crippen LogP contribution is -2.39. The van der Waals surface area contributed by atoms with Crippen molar-refractivity contribution in [1.29, 1.82) is 0 Å². The Kier molecular flexibility index (Phi) is 9.01. The van der Waals surface area contributed by atoms with Crippen LogP contribution in [-0.2, 0) is 19.6 Å². The third-order valence-electron chi connectivity index (χ3n) is 4.22. The predicted molar refractivity (Wildman–Crippen MR) is 125 cm³/mol. The van der Waals surface area contributed by atoms with Crippen LogP contribution < -0.4 is 5.32 Å². The van der Waals surface area contributed by atoms with Crippen LogP contribution in [0.25, 0.3) is 0 Å². The van der Waals surface area contributed by atoms with Crippen molar-refractivity contribution in [2.45, 2.75) is 31.7 Å². The minimum absolute atomic E-state index is 0.00861. The van der Waals surface area contributed by atoms with E-state index >= 15 is 0 Å². The van der Waals surface area contributed by atoms with Crippen LogP contribution in [-0.4, -0.2) is 43.2 Å². The third-order valence-corrected chi connectivity index (χ3v) is 8.57. The largest absolute Gasteiger partial charge is 0.464 e. The standard InChI is InChI=1S/C16H18I3NO6S/c17-10-7-12(14(19)13(18)8-10)15(21)20-11-3-1-9(2-4-11)16(22)26-5-6-27(23,24)25/h7-9,11H,1-6H2,(H,20,21)(H,23,24,25). The monoisotopic (exact) mass is 733 g/mol. The summed E-state index contributed by atoms with van der Waals surface area (Å²) in [6.45, 7) is -0.349. The summed E-state index contributed by atoms with van der Waals surface area (Å²) in [6.07, 6.45) is 2.44. The molecule has 0 spiro atoms. The van der Waals surface area contributed by atoms with Crippen molar-refractivity contribution in [3.8, 4) is 0 Å². The first-order valence-electron chi connectivity index (χ1n) is 8.14. The molecule has 1 aromatic rings. The first-order valence-corrected chi connectivity index (χ1v) is 13.0. The Hall–Kier alpha value is 0.260. The maximum Gasteiger partial charge on any atom is 0.308 e. The second-order valence-corrected chi connectivity index (χ2v) is 11.3. The van der Waals surface area contributed by atoms with Crippen LogP contribution >= 0.6 is 67.8 Å². The van der Waals surface area contributed by atoms with Gasteiger partial charge in [0.25, 0.3) is 16.0 Å². The summed E-state index contributed by atoms with van der Waals surface area (Å²) < 4.78 is 37.8. The molecule has 11 heteroatoms. The van der Waals surface area contributed by atoms with Crippen molar-refractivity contribution in [2.24, 2.45) is 5.92 Å². The van der Waals surface area contributed by atoms with E-state index in [-0.39, 0.29) is 24.5 Å². The molecule has 0 bridgehead atoms. The van der Waals surface area contributed by atoms with Crippen molar-refractivity contribution < 1.29 is 27.3 Å². The Morgan fingerprint density at radius 2 is 1.78 bits per heavy atom. The molecule has 0 aromatic heterocycles. The average Bonchev–Trinajstić information content (AvgIpc) is 2.57. The second-order valence-electron chi connectivity index (χ2n) is 6.22. The third kappa shape index (κ3) is 7.54. The predicted octanol–water partition coefficient (Wildman–Crippen LogP) is 3.22. The lowest BCUT2D eigenvalue weighted by molar-refractivity contribution is -0.149. The first kappa shape index (κ1) is 23.5. The molecular weight excluding hydrogens is 715 g/mol. The summed E-state index contributed by atoms with van der Waals surface area (Å²) >= 11 is 6.56. The molecule has 150 valence electrons. The Morgan fingerprint density at radius 3 is 2.37 bits per heavy atom. The number of ether oxygens (including phenoxy) is 1. The fourth-order valence-electron chi connectivity index (χ4n) is 2.82. The van der Waals surface area contributed by atoms with E-state index in [0.29, 0.717) is 31.2 Å². The molecule has 0 heterocycles. The average molecular weight is 733 g/mol. The Labute approximate surface area is 198 Å². The molecule has 1 saturated carbocycles. The van der Waals surface area contributed by atoms with Crippen molar-refractivity contribution >= 4 is 89.8 Å². The van der Waals surface area contributed by atoms with Crippen LogP contribution in [0, 0.1) is 16.6 Å². The highest BCUT2D eigenvalue weighted by atomic mass is 127. The molecule has 1 fully saturated rings. The maximum atomic E-state index is 12.6. The number of halogens is 3. The zero-order chi connectivity index (χ0) is 20.2. The van der Waals surface area contributed by atoms with Crippen LogP contribution in [0.5, 0.6) is 0 Å². The van der Waals surface area contributed by atoms with E-state index in [1.54, 1.807) is 0 Å². The molecule has 0 saturated heterocycles. The highest BCUT2D eigenvalue weighted by molar-refractivity contribution is 14.1. The highest BCUT2D eigenvalue weighted by Crippen LogP contribution is 2.27. The van der Waals surface area contributed by atoms with E-state index in [9.17, 15) is 18.0 Å². The van der Waals surface area contributed by atoms with E-state index in [1.807, 2.05) is 12.1 Å². The van der Waals surface area contributed by atoms with Gasteiger partial charge in [-0.15, -0.1) is 0 Å². The first-order chi connectivity index (χ1) is 12.6. The van der Waals surface area contributed by atoms with Crippen molar-refractivity contribution in [1.82, 2.24) is 5.32 Å². The van der Waals surface area contributed by atoms with Gasteiger partial charge in [-0.1, -0.05) is 0 Å². The summed E-state index contributed by atoms with van der Waals surface area (Å²) in [6, 6.07) is 3.86. The van der Waals surface area contributed by atoms with E-state index in [0.717, 1.165) is 10.7 Å².